The average Bonchev–Trinajstić information content (AvgIpc) is 3.27. The predicted molar refractivity (Wildman–Crippen MR) is 231 cm³/mol. The van der Waals surface area contributed by atoms with Gasteiger partial charge < -0.3 is 4.90 Å². The summed E-state index contributed by atoms with van der Waals surface area (Å²) < 4.78 is 0. The van der Waals surface area contributed by atoms with Gasteiger partial charge in [0.25, 0.3) is 0 Å². The molecule has 0 saturated carbocycles. The van der Waals surface area contributed by atoms with Crippen LogP contribution >= 0.6 is 0 Å². The van der Waals surface area contributed by atoms with Gasteiger partial charge in [-0.2, -0.15) is 0 Å². The van der Waals surface area contributed by atoms with Crippen molar-refractivity contribution in [3.05, 3.63) is 212 Å². The van der Waals surface area contributed by atoms with Gasteiger partial charge in [-0.1, -0.05) is 164 Å². The van der Waals surface area contributed by atoms with Crippen LogP contribution in [0.2, 0.25) is 0 Å². The molecule has 0 unspecified atom stereocenters. The summed E-state index contributed by atoms with van der Waals surface area (Å²) in [5, 5.41) is 4.59. The molecule has 0 saturated heterocycles. The molecule has 0 amide bonds. The smallest absolute Gasteiger partial charge is 0.0979 e. The lowest BCUT2D eigenvalue weighted by atomic mass is 9.91. The zero-order chi connectivity index (χ0) is 36.6. The fourth-order valence-corrected chi connectivity index (χ4v) is 7.80. The Hall–Kier alpha value is -7.36. The molecule has 0 spiro atoms. The summed E-state index contributed by atoms with van der Waals surface area (Å²) in [4.78, 5) is 13.1. The van der Waals surface area contributed by atoms with Crippen molar-refractivity contribution in [2.45, 2.75) is 0 Å². The van der Waals surface area contributed by atoms with Gasteiger partial charge in [0.2, 0.25) is 0 Å². The molecular formula is C52H35N3. The fraction of sp³-hybridized carbons (Fsp3) is 0. The average molecular weight is 702 g/mol. The number of nitrogens with zero attached hydrogens (tertiary/aromatic N) is 3. The van der Waals surface area contributed by atoms with Crippen molar-refractivity contribution < 1.29 is 0 Å². The lowest BCUT2D eigenvalue weighted by molar-refractivity contribution is 1.28. The molecule has 0 aliphatic rings. The van der Waals surface area contributed by atoms with Crippen LogP contribution in [0.15, 0.2) is 212 Å². The van der Waals surface area contributed by atoms with E-state index in [1.807, 2.05) is 12.1 Å². The maximum absolute atomic E-state index is 5.47. The van der Waals surface area contributed by atoms with Crippen LogP contribution in [0.4, 0.5) is 17.1 Å². The maximum Gasteiger partial charge on any atom is 0.0979 e. The van der Waals surface area contributed by atoms with Crippen LogP contribution in [0.25, 0.3) is 77.3 Å². The SMILES string of the molecule is c1ccc(-c2nc3ccc4ccc5ccc(-c6ccccc6-c6ccc(N(c7ccccc7)c7ccccc7)cc6)cc5c4c3nc2-c2ccccc2)cc1. The molecule has 0 aliphatic carbocycles. The lowest BCUT2D eigenvalue weighted by Gasteiger charge is -2.25. The Labute approximate surface area is 320 Å². The number of anilines is 3. The first-order valence-corrected chi connectivity index (χ1v) is 18.7. The van der Waals surface area contributed by atoms with E-state index in [9.17, 15) is 0 Å². The molecule has 10 rings (SSSR count). The van der Waals surface area contributed by atoms with E-state index in [0.717, 1.165) is 77.9 Å². The molecule has 3 nitrogen and oxygen atoms in total. The number of hydrogen-bond donors (Lipinski definition) is 0. The highest BCUT2D eigenvalue weighted by molar-refractivity contribution is 6.19. The van der Waals surface area contributed by atoms with Gasteiger partial charge >= 0.3 is 0 Å². The molecule has 1 heterocycles. The van der Waals surface area contributed by atoms with Crippen LogP contribution in [-0.2, 0) is 0 Å². The summed E-state index contributed by atoms with van der Waals surface area (Å²) in [6, 6.07) is 75.0. The predicted octanol–water partition coefficient (Wildman–Crippen LogP) is 14.1. The molecule has 0 fully saturated rings. The molecule has 55 heavy (non-hydrogen) atoms. The van der Waals surface area contributed by atoms with Gasteiger partial charge in [0.05, 0.1) is 22.4 Å². The van der Waals surface area contributed by atoms with Crippen LogP contribution in [0.3, 0.4) is 0 Å². The Morgan fingerprint density at radius 2 is 0.782 bits per heavy atom. The van der Waals surface area contributed by atoms with Gasteiger partial charge in [-0.05, 0) is 86.9 Å². The Bertz CT molecular complexity index is 2900. The van der Waals surface area contributed by atoms with Crippen molar-refractivity contribution in [1.29, 1.82) is 0 Å². The quantitative estimate of drug-likeness (QED) is 0.155. The molecule has 0 radical (unpaired) electrons. The summed E-state index contributed by atoms with van der Waals surface area (Å²) in [7, 11) is 0. The van der Waals surface area contributed by atoms with Crippen LogP contribution in [0.5, 0.6) is 0 Å². The van der Waals surface area contributed by atoms with Crippen molar-refractivity contribution in [3.63, 3.8) is 0 Å². The monoisotopic (exact) mass is 701 g/mol. The van der Waals surface area contributed by atoms with Crippen molar-refractivity contribution >= 4 is 49.6 Å². The summed E-state index contributed by atoms with van der Waals surface area (Å²) >= 11 is 0. The third-order valence-electron chi connectivity index (χ3n) is 10.4. The van der Waals surface area contributed by atoms with Crippen molar-refractivity contribution in [2.75, 3.05) is 4.90 Å². The lowest BCUT2D eigenvalue weighted by Crippen LogP contribution is -2.09. The van der Waals surface area contributed by atoms with Crippen LogP contribution in [0.1, 0.15) is 0 Å². The first kappa shape index (κ1) is 32.3. The number of rotatable bonds is 7. The van der Waals surface area contributed by atoms with Gasteiger partial charge in [0.1, 0.15) is 0 Å². The Morgan fingerprint density at radius 3 is 1.40 bits per heavy atom. The number of para-hydroxylation sites is 2. The summed E-state index contributed by atoms with van der Waals surface area (Å²) in [6.07, 6.45) is 0. The topological polar surface area (TPSA) is 29.0 Å². The summed E-state index contributed by atoms with van der Waals surface area (Å²) in [6.45, 7) is 0. The van der Waals surface area contributed by atoms with E-state index in [2.05, 4.69) is 205 Å². The second-order valence-electron chi connectivity index (χ2n) is 13.8. The molecule has 1 aromatic heterocycles. The van der Waals surface area contributed by atoms with Crippen molar-refractivity contribution in [2.24, 2.45) is 0 Å². The minimum Gasteiger partial charge on any atom is -0.311 e. The van der Waals surface area contributed by atoms with Gasteiger partial charge in [-0.15, -0.1) is 0 Å². The van der Waals surface area contributed by atoms with Crippen molar-refractivity contribution in [3.8, 4) is 44.8 Å². The van der Waals surface area contributed by atoms with Gasteiger partial charge in [-0.25, -0.2) is 9.97 Å². The molecule has 0 bridgehead atoms. The molecule has 0 aliphatic heterocycles. The van der Waals surface area contributed by atoms with Crippen LogP contribution in [-0.4, -0.2) is 9.97 Å². The Balaban J connectivity index is 1.11. The van der Waals surface area contributed by atoms with E-state index in [0.29, 0.717) is 0 Å². The van der Waals surface area contributed by atoms with Gasteiger partial charge in [-0.3, -0.25) is 0 Å². The first-order chi connectivity index (χ1) is 27.3. The van der Waals surface area contributed by atoms with Crippen molar-refractivity contribution in [1.82, 2.24) is 9.97 Å². The summed E-state index contributed by atoms with van der Waals surface area (Å²) in [5.41, 5.74) is 13.7. The summed E-state index contributed by atoms with van der Waals surface area (Å²) in [5.74, 6) is 0. The van der Waals surface area contributed by atoms with Gasteiger partial charge in [0, 0.05) is 33.6 Å². The van der Waals surface area contributed by atoms with E-state index < -0.39 is 0 Å². The number of benzene rings is 9. The largest absolute Gasteiger partial charge is 0.311 e. The second-order valence-corrected chi connectivity index (χ2v) is 13.8. The first-order valence-electron chi connectivity index (χ1n) is 18.7. The second kappa shape index (κ2) is 13.9. The Kier molecular flexibility index (Phi) is 8.16. The van der Waals surface area contributed by atoms with E-state index in [1.165, 1.54) is 16.5 Å². The highest BCUT2D eigenvalue weighted by atomic mass is 15.1. The molecule has 10 aromatic rings. The normalized spacial score (nSPS) is 11.3. The number of fused-ring (bicyclic) bond motifs is 5. The van der Waals surface area contributed by atoms with Gasteiger partial charge in [0.15, 0.2) is 0 Å². The maximum atomic E-state index is 5.47. The van der Waals surface area contributed by atoms with Crippen LogP contribution in [0, 0.1) is 0 Å². The zero-order valence-electron chi connectivity index (χ0n) is 30.0. The zero-order valence-corrected chi connectivity index (χ0v) is 30.0. The number of aromatic nitrogens is 2. The highest BCUT2D eigenvalue weighted by Gasteiger charge is 2.18. The van der Waals surface area contributed by atoms with E-state index >= 15 is 0 Å². The number of hydrogen-bond acceptors (Lipinski definition) is 3. The molecule has 0 N–H and O–H groups in total. The standard InChI is InChI=1S/C52H35N3/c1-5-15-39(16-6-1)50-51(40-17-7-2-8-18-40)54-52-48(53-50)34-31-38-27-25-37-26-28-41(35-47(37)49(38)52)46-24-14-13-23-45(46)36-29-32-44(33-30-36)55(42-19-9-3-10-20-42)43-21-11-4-12-22-43/h1-35H. The molecule has 258 valence electrons. The van der Waals surface area contributed by atoms with E-state index in [1.54, 1.807) is 0 Å². The highest BCUT2D eigenvalue weighted by Crippen LogP contribution is 2.40. The minimum absolute atomic E-state index is 0.879. The van der Waals surface area contributed by atoms with Crippen LogP contribution < -0.4 is 4.90 Å². The molecular weight excluding hydrogens is 667 g/mol. The third-order valence-corrected chi connectivity index (χ3v) is 10.4. The van der Waals surface area contributed by atoms with E-state index in [4.69, 9.17) is 9.97 Å². The molecule has 0 atom stereocenters. The molecule has 3 heteroatoms. The molecule has 9 aromatic carbocycles. The van der Waals surface area contributed by atoms with E-state index in [-0.39, 0.29) is 0 Å². The fourth-order valence-electron chi connectivity index (χ4n) is 7.80. The third kappa shape index (κ3) is 5.98. The minimum atomic E-state index is 0.879. The Morgan fingerprint density at radius 1 is 0.327 bits per heavy atom.